The number of hydrogen-bond donors (Lipinski definition) is 0. The summed E-state index contributed by atoms with van der Waals surface area (Å²) in [4.78, 5) is 13.7. The van der Waals surface area contributed by atoms with Gasteiger partial charge >= 0.3 is 132 Å². The fraction of sp³-hybridized carbons (Fsp3) is 0.341. The summed E-state index contributed by atoms with van der Waals surface area (Å²) in [5.74, 6) is 8.07. The predicted octanol–water partition coefficient (Wildman–Crippen LogP) is 10.4. The van der Waals surface area contributed by atoms with Crippen LogP contribution in [0.1, 0.15) is 57.9 Å². The molecule has 247 valence electrons. The molecule has 1 unspecified atom stereocenters. The van der Waals surface area contributed by atoms with Gasteiger partial charge in [-0.1, -0.05) is 37.8 Å². The zero-order valence-electron chi connectivity index (χ0n) is 29.3. The van der Waals surface area contributed by atoms with E-state index in [9.17, 15) is 0 Å². The Morgan fingerprint density at radius 3 is 2.34 bits per heavy atom. The topological polar surface area (TPSA) is 51.8 Å². The largest absolute Gasteiger partial charge is 0.486 e. The number of furan rings is 1. The van der Waals surface area contributed by atoms with Crippen molar-refractivity contribution in [3.63, 3.8) is 0 Å². The van der Waals surface area contributed by atoms with Gasteiger partial charge in [-0.15, -0.1) is 23.8 Å². The monoisotopic (exact) mass is 864 g/mol. The summed E-state index contributed by atoms with van der Waals surface area (Å²) in [5, 5.41) is 2.08. The Balaban J connectivity index is 0.000000212. The zero-order valence-corrected chi connectivity index (χ0v) is 33.8. The second kappa shape index (κ2) is 15.4. The van der Waals surface area contributed by atoms with Gasteiger partial charge in [-0.2, -0.15) is 0 Å². The minimum atomic E-state index is -1.87. The number of nitrogens with zero attached hydrogens (tertiary/aromatic N) is 3. The van der Waals surface area contributed by atoms with Gasteiger partial charge in [-0.05, 0) is 42.7 Å². The Labute approximate surface area is 297 Å². The summed E-state index contributed by atoms with van der Waals surface area (Å²) in [6, 6.07) is 29.3. The van der Waals surface area contributed by atoms with Crippen LogP contribution in [0.25, 0.3) is 44.6 Å². The summed E-state index contributed by atoms with van der Waals surface area (Å²) in [6.07, 6.45) is 7.44. The van der Waals surface area contributed by atoms with Crippen LogP contribution in [0.5, 0.6) is 0 Å². The standard InChI is InChI=1S/C22H21N2O.C19H26GeN.Ir/c1-14-5-7-17-18-12-16(6-8-20(18)25-21(17)24-14)19-11-15(9-10-23-19)13-22(2,3)4;1-6-15(2)12-17-13-19(16-10-8-7-9-11-16)21-14-18(17)20(3,4)5;/h5,7-12H,13H2,1-4H3;7-10,13-15H,6,12H2,1-5H3;/q2*-1;. The summed E-state index contributed by atoms with van der Waals surface area (Å²) in [5.41, 5.74) is 9.56. The molecular formula is C41H47GeIrN3O-2. The number of aromatic nitrogens is 3. The van der Waals surface area contributed by atoms with Crippen LogP contribution in [-0.4, -0.2) is 28.2 Å². The minimum Gasteiger partial charge on any atom is -0.486 e. The molecule has 4 nitrogen and oxygen atoms in total. The third-order valence-corrected chi connectivity index (χ3v) is 12.6. The smallest absolute Gasteiger partial charge is 0.216 e. The second-order valence-electron chi connectivity index (χ2n) is 14.8. The second-order valence-corrected chi connectivity index (χ2v) is 25.4. The van der Waals surface area contributed by atoms with E-state index >= 15 is 0 Å². The van der Waals surface area contributed by atoms with Crippen LogP contribution in [0.2, 0.25) is 17.3 Å². The van der Waals surface area contributed by atoms with E-state index in [2.05, 4.69) is 123 Å². The van der Waals surface area contributed by atoms with Crippen molar-refractivity contribution in [2.24, 2.45) is 11.3 Å². The molecule has 0 aliphatic heterocycles. The zero-order chi connectivity index (χ0) is 33.1. The van der Waals surface area contributed by atoms with E-state index in [1.165, 1.54) is 17.5 Å². The van der Waals surface area contributed by atoms with Crippen LogP contribution >= 0.6 is 0 Å². The molecule has 47 heavy (non-hydrogen) atoms. The van der Waals surface area contributed by atoms with Crippen molar-refractivity contribution in [3.05, 3.63) is 108 Å². The minimum absolute atomic E-state index is 0. The number of aryl methyl sites for hydroxylation is 1. The van der Waals surface area contributed by atoms with E-state index in [1.54, 1.807) is 4.40 Å². The molecular weight excluding hydrogens is 815 g/mol. The molecule has 0 N–H and O–H groups in total. The Hall–Kier alpha value is -3.12. The molecule has 1 radical (unpaired) electrons. The molecule has 0 spiro atoms. The van der Waals surface area contributed by atoms with Gasteiger partial charge in [0.15, 0.2) is 0 Å². The molecule has 0 aliphatic rings. The van der Waals surface area contributed by atoms with Crippen molar-refractivity contribution in [1.29, 1.82) is 0 Å². The number of fused-ring (bicyclic) bond motifs is 3. The van der Waals surface area contributed by atoms with Crippen molar-refractivity contribution in [2.45, 2.75) is 78.1 Å². The maximum Gasteiger partial charge on any atom is 0.216 e. The molecule has 0 aliphatic carbocycles. The number of hydrogen-bond acceptors (Lipinski definition) is 4. The van der Waals surface area contributed by atoms with E-state index in [1.807, 2.05) is 37.4 Å². The molecule has 1 atom stereocenters. The molecule has 0 bridgehead atoms. The molecule has 0 amide bonds. The first-order valence-corrected chi connectivity index (χ1v) is 23.8. The van der Waals surface area contributed by atoms with Crippen molar-refractivity contribution >= 4 is 39.7 Å². The molecule has 0 saturated heterocycles. The number of rotatable bonds is 7. The van der Waals surface area contributed by atoms with Crippen molar-refractivity contribution in [2.75, 3.05) is 0 Å². The summed E-state index contributed by atoms with van der Waals surface area (Å²) >= 11 is -1.87. The third-order valence-electron chi connectivity index (χ3n) is 8.29. The maximum atomic E-state index is 5.85. The van der Waals surface area contributed by atoms with Crippen LogP contribution in [0, 0.1) is 30.4 Å². The van der Waals surface area contributed by atoms with Gasteiger partial charge in [0, 0.05) is 37.4 Å². The van der Waals surface area contributed by atoms with Crippen LogP contribution < -0.4 is 4.40 Å². The first-order chi connectivity index (χ1) is 21.8. The maximum absolute atomic E-state index is 5.85. The molecule has 0 saturated carbocycles. The SMILES string of the molecule is CCC(C)Cc1cc(-c2[c-]cccc2)nc[c]1[Ge]([CH3])([CH3])[CH3].Cc1ccc2c(n1)oc1c[c-]c(-c3cc(CC(C)(C)C)ccn3)cc12.[Ir]. The number of pyridine rings is 3. The van der Waals surface area contributed by atoms with Gasteiger partial charge in [0.05, 0.1) is 5.58 Å². The predicted molar refractivity (Wildman–Crippen MR) is 196 cm³/mol. The van der Waals surface area contributed by atoms with E-state index in [4.69, 9.17) is 9.40 Å². The van der Waals surface area contributed by atoms with Crippen LogP contribution in [0.4, 0.5) is 0 Å². The van der Waals surface area contributed by atoms with Crippen LogP contribution in [-0.2, 0) is 32.9 Å². The summed E-state index contributed by atoms with van der Waals surface area (Å²) < 4.78 is 7.40. The van der Waals surface area contributed by atoms with Gasteiger partial charge in [-0.3, -0.25) is 0 Å². The molecule has 6 heteroatoms. The molecule has 2 aromatic carbocycles. The van der Waals surface area contributed by atoms with Crippen LogP contribution in [0.15, 0.2) is 83.5 Å². The average Bonchev–Trinajstić information content (AvgIpc) is 3.37. The van der Waals surface area contributed by atoms with Crippen LogP contribution in [0.3, 0.4) is 0 Å². The first-order valence-electron chi connectivity index (χ1n) is 16.4. The molecule has 6 aromatic rings. The Morgan fingerprint density at radius 1 is 0.894 bits per heavy atom. The van der Waals surface area contributed by atoms with Gasteiger partial charge in [0.2, 0.25) is 5.71 Å². The van der Waals surface area contributed by atoms with Gasteiger partial charge in [0.1, 0.15) is 0 Å². The average molecular weight is 863 g/mol. The Bertz CT molecular complexity index is 1940. The Morgan fingerprint density at radius 2 is 1.66 bits per heavy atom. The molecule has 4 aromatic heterocycles. The third kappa shape index (κ3) is 9.49. The van der Waals surface area contributed by atoms with E-state index in [0.29, 0.717) is 5.71 Å². The molecule has 4 heterocycles. The van der Waals surface area contributed by atoms with E-state index in [-0.39, 0.29) is 25.5 Å². The molecule has 6 rings (SSSR count). The fourth-order valence-electron chi connectivity index (χ4n) is 5.75. The quantitative estimate of drug-likeness (QED) is 0.119. The van der Waals surface area contributed by atoms with Crippen molar-refractivity contribution in [3.8, 4) is 22.5 Å². The van der Waals surface area contributed by atoms with E-state index in [0.717, 1.165) is 63.3 Å². The first kappa shape index (κ1) is 36.7. The fourth-order valence-corrected chi connectivity index (χ4v) is 9.08. The van der Waals surface area contributed by atoms with Crippen molar-refractivity contribution in [1.82, 2.24) is 15.0 Å². The van der Waals surface area contributed by atoms with Gasteiger partial charge < -0.3 is 9.40 Å². The Kier molecular flexibility index (Phi) is 12.0. The summed E-state index contributed by atoms with van der Waals surface area (Å²) in [7, 11) is 0. The van der Waals surface area contributed by atoms with E-state index < -0.39 is 13.3 Å². The normalized spacial score (nSPS) is 12.4. The van der Waals surface area contributed by atoms with Gasteiger partial charge in [0.25, 0.3) is 0 Å². The molecule has 0 fully saturated rings. The number of benzene rings is 2. The van der Waals surface area contributed by atoms with Crippen molar-refractivity contribution < 1.29 is 24.5 Å². The summed E-state index contributed by atoms with van der Waals surface area (Å²) in [6.45, 7) is 13.3. The van der Waals surface area contributed by atoms with Gasteiger partial charge in [-0.25, -0.2) is 4.98 Å².